The van der Waals surface area contributed by atoms with Crippen LogP contribution in [0.2, 0.25) is 18.1 Å². The lowest BCUT2D eigenvalue weighted by molar-refractivity contribution is 0.0137. The molecule has 51 heavy (non-hydrogen) atoms. The minimum absolute atomic E-state index is 0.0413. The first-order chi connectivity index (χ1) is 23.4. The number of hydrogen-bond donors (Lipinski definition) is 5. The number of carbonyl (C=O) groups excluding carboxylic acids is 2. The molecule has 0 aromatic carbocycles. The van der Waals surface area contributed by atoms with Gasteiger partial charge in [-0.15, -0.1) is 0 Å². The molecule has 0 atom stereocenters. The van der Waals surface area contributed by atoms with Crippen molar-refractivity contribution >= 4 is 20.5 Å². The van der Waals surface area contributed by atoms with Crippen LogP contribution in [0.4, 0.5) is 9.59 Å². The maximum Gasteiger partial charge on any atom is 0.410 e. The molecule has 2 aromatic rings. The Bertz CT molecular complexity index is 1540. The normalized spacial score (nSPS) is 18.1. The molecule has 2 saturated heterocycles. The Labute approximate surface area is 303 Å². The summed E-state index contributed by atoms with van der Waals surface area (Å²) in [5, 5.41) is 20.7. The Morgan fingerprint density at radius 2 is 1.08 bits per heavy atom. The Hall–Kier alpha value is -3.30. The number of aliphatic hydroxyl groups excluding tert-OH is 1. The molecule has 2 aliphatic heterocycles. The third-order valence-electron chi connectivity index (χ3n) is 10.5. The topological polar surface area (TPSA) is 186 Å². The van der Waals surface area contributed by atoms with Gasteiger partial charge in [0.1, 0.15) is 11.2 Å². The average molecular weight is 737 g/mol. The smallest absolute Gasteiger partial charge is 0.410 e. The van der Waals surface area contributed by atoms with Gasteiger partial charge in [0.05, 0.1) is 0 Å². The molecule has 14 nitrogen and oxygen atoms in total. The molecular weight excluding hydrogens is 673 g/mol. The zero-order valence-electron chi connectivity index (χ0n) is 32.8. The van der Waals surface area contributed by atoms with Crippen LogP contribution in [0.5, 0.6) is 0 Å². The summed E-state index contributed by atoms with van der Waals surface area (Å²) in [6.07, 6.45) is 3.68. The number of nitrogens with one attached hydrogen (secondary N) is 4. The number of piperidine rings is 2. The zero-order valence-corrected chi connectivity index (χ0v) is 33.8. The fraction of sp³-hybridized carbons (Fsp3) is 0.778. The van der Waals surface area contributed by atoms with Crippen LogP contribution in [0.3, 0.4) is 0 Å². The van der Waals surface area contributed by atoms with Crippen molar-refractivity contribution in [2.75, 3.05) is 39.4 Å². The van der Waals surface area contributed by atoms with Gasteiger partial charge in [0, 0.05) is 73.7 Å². The van der Waals surface area contributed by atoms with Gasteiger partial charge in [-0.3, -0.25) is 19.8 Å². The van der Waals surface area contributed by atoms with E-state index in [1.54, 1.807) is 21.9 Å². The van der Waals surface area contributed by atoms with Gasteiger partial charge in [0.15, 0.2) is 8.32 Å². The van der Waals surface area contributed by atoms with Crippen LogP contribution in [-0.4, -0.2) is 106 Å². The summed E-state index contributed by atoms with van der Waals surface area (Å²) in [5.41, 5.74) is -0.120. The Morgan fingerprint density at radius 1 is 0.706 bits per heavy atom. The van der Waals surface area contributed by atoms with Crippen LogP contribution in [0.1, 0.15) is 112 Å². The predicted octanol–water partition coefficient (Wildman–Crippen LogP) is 5.74. The molecule has 0 aliphatic carbocycles. The van der Waals surface area contributed by atoms with Crippen molar-refractivity contribution in [1.29, 1.82) is 0 Å². The lowest BCUT2D eigenvalue weighted by atomic mass is 9.73. The van der Waals surface area contributed by atoms with Gasteiger partial charge in [-0.25, -0.2) is 9.59 Å². The highest BCUT2D eigenvalue weighted by Gasteiger charge is 2.42. The number of carbonyl (C=O) groups is 2. The number of aromatic amines is 4. The van der Waals surface area contributed by atoms with E-state index in [0.717, 1.165) is 30.7 Å². The molecule has 5 N–H and O–H groups in total. The van der Waals surface area contributed by atoms with Crippen LogP contribution in [0.25, 0.3) is 0 Å². The molecule has 2 aromatic heterocycles. The lowest BCUT2D eigenvalue weighted by Gasteiger charge is -2.42. The van der Waals surface area contributed by atoms with Gasteiger partial charge in [0.2, 0.25) is 0 Å². The molecule has 2 amide bonds. The van der Waals surface area contributed by atoms with Gasteiger partial charge in [-0.1, -0.05) is 20.8 Å². The van der Waals surface area contributed by atoms with Crippen LogP contribution < -0.4 is 11.1 Å². The second-order valence-corrected chi connectivity index (χ2v) is 22.5. The SMILES string of the molecule is CC(C)(C)OC(=O)N1CCC(CCO)(c2cc(=O)[nH][nH]2)CC1.CC(C)(C)OC(=O)N1CCC(CCO[Si](C)(C)C(C)(C)C)(c2cc(=O)[nH][nH]2)CC1. The monoisotopic (exact) mass is 736 g/mol. The number of ether oxygens (including phenoxy) is 2. The van der Waals surface area contributed by atoms with E-state index in [4.69, 9.17) is 13.9 Å². The highest BCUT2D eigenvalue weighted by Crippen LogP contribution is 2.41. The van der Waals surface area contributed by atoms with Gasteiger partial charge in [-0.2, -0.15) is 0 Å². The molecule has 0 saturated carbocycles. The molecule has 0 spiro atoms. The minimum atomic E-state index is -1.84. The largest absolute Gasteiger partial charge is 0.444 e. The van der Waals surface area contributed by atoms with Crippen molar-refractivity contribution in [3.63, 3.8) is 0 Å². The fourth-order valence-corrected chi connectivity index (χ4v) is 7.41. The highest BCUT2D eigenvalue weighted by molar-refractivity contribution is 6.74. The maximum atomic E-state index is 12.4. The van der Waals surface area contributed by atoms with Gasteiger partial charge in [-0.05, 0) is 98.2 Å². The van der Waals surface area contributed by atoms with E-state index < -0.39 is 19.5 Å². The van der Waals surface area contributed by atoms with Crippen molar-refractivity contribution in [2.24, 2.45) is 0 Å². The second kappa shape index (κ2) is 16.2. The van der Waals surface area contributed by atoms with Gasteiger partial charge < -0.3 is 39.0 Å². The third kappa shape index (κ3) is 11.6. The number of aliphatic hydroxyl groups is 1. The van der Waals surface area contributed by atoms with Gasteiger partial charge >= 0.3 is 12.2 Å². The number of H-pyrrole nitrogens is 4. The van der Waals surface area contributed by atoms with Crippen molar-refractivity contribution in [1.82, 2.24) is 30.2 Å². The van der Waals surface area contributed by atoms with Crippen LogP contribution in [0, 0.1) is 0 Å². The molecule has 4 heterocycles. The first-order valence-electron chi connectivity index (χ1n) is 18.2. The number of hydrogen-bond acceptors (Lipinski definition) is 8. The molecule has 0 bridgehead atoms. The summed E-state index contributed by atoms with van der Waals surface area (Å²) in [6, 6.07) is 3.19. The zero-order chi connectivity index (χ0) is 38.5. The Morgan fingerprint density at radius 3 is 1.37 bits per heavy atom. The molecular formula is C36H64N6O8Si. The summed E-state index contributed by atoms with van der Waals surface area (Å²) in [7, 11) is -1.84. The third-order valence-corrected chi connectivity index (χ3v) is 15.1. The summed E-state index contributed by atoms with van der Waals surface area (Å²) >= 11 is 0. The van der Waals surface area contributed by atoms with E-state index in [1.165, 1.54) is 0 Å². The maximum absolute atomic E-state index is 12.4. The fourth-order valence-electron chi connectivity index (χ4n) is 6.36. The summed E-state index contributed by atoms with van der Waals surface area (Å²) < 4.78 is 17.3. The van der Waals surface area contributed by atoms with Crippen molar-refractivity contribution in [3.8, 4) is 0 Å². The van der Waals surface area contributed by atoms with Crippen LogP contribution in [-0.2, 0) is 24.7 Å². The highest BCUT2D eigenvalue weighted by atomic mass is 28.4. The molecule has 2 fully saturated rings. The lowest BCUT2D eigenvalue weighted by Crippen LogP contribution is -2.48. The molecule has 0 unspecified atom stereocenters. The van der Waals surface area contributed by atoms with Crippen molar-refractivity contribution in [2.45, 2.75) is 141 Å². The van der Waals surface area contributed by atoms with E-state index >= 15 is 0 Å². The van der Waals surface area contributed by atoms with Crippen molar-refractivity contribution < 1.29 is 28.6 Å². The quantitative estimate of drug-likeness (QED) is 0.213. The molecule has 0 radical (unpaired) electrons. The van der Waals surface area contributed by atoms with Crippen LogP contribution >= 0.6 is 0 Å². The van der Waals surface area contributed by atoms with Gasteiger partial charge in [0.25, 0.3) is 11.1 Å². The molecule has 4 rings (SSSR count). The Kier molecular flexibility index (Phi) is 13.3. The number of amides is 2. The molecule has 15 heteroatoms. The van der Waals surface area contributed by atoms with E-state index in [0.29, 0.717) is 52.0 Å². The van der Waals surface area contributed by atoms with E-state index in [9.17, 15) is 24.3 Å². The summed E-state index contributed by atoms with van der Waals surface area (Å²) in [6.45, 7) is 25.3. The first kappa shape index (κ1) is 42.1. The van der Waals surface area contributed by atoms with E-state index in [-0.39, 0.29) is 45.8 Å². The predicted molar refractivity (Wildman–Crippen MR) is 200 cm³/mol. The number of likely N-dealkylation sites (tertiary alicyclic amines) is 2. The summed E-state index contributed by atoms with van der Waals surface area (Å²) in [4.78, 5) is 51.2. The number of nitrogens with zero attached hydrogens (tertiary/aromatic N) is 2. The number of rotatable bonds is 8. The number of aromatic nitrogens is 4. The Balaban J connectivity index is 0.000000286. The first-order valence-corrected chi connectivity index (χ1v) is 21.1. The van der Waals surface area contributed by atoms with E-state index in [2.05, 4.69) is 54.3 Å². The minimum Gasteiger partial charge on any atom is -0.444 e. The van der Waals surface area contributed by atoms with Crippen molar-refractivity contribution in [3.05, 3.63) is 44.2 Å². The second-order valence-electron chi connectivity index (χ2n) is 17.7. The van der Waals surface area contributed by atoms with Crippen LogP contribution in [0.15, 0.2) is 21.7 Å². The standard InChI is InChI=1S/C21H39N3O4Si.C15H25N3O4/c1-19(2,3)28-18(26)24-12-9-21(10-13-24,16-15-17(25)23-22-16)11-14-27-29(7,8)20(4,5)6;1-14(2,3)22-13(21)18-7-4-15(5-8-18,6-9-19)11-10-12(20)17-16-11/h15H,9-14H2,1-8H3,(H2,22,23,25);10,19H,4-9H2,1-3H3,(H2,16,17,20). The molecule has 290 valence electrons. The summed E-state index contributed by atoms with van der Waals surface area (Å²) in [5.74, 6) is 0. The molecule has 2 aliphatic rings. The van der Waals surface area contributed by atoms with E-state index in [1.807, 2.05) is 41.5 Å². The average Bonchev–Trinajstić information content (AvgIpc) is 3.65.